The van der Waals surface area contributed by atoms with Gasteiger partial charge in [0.25, 0.3) is 0 Å². The Morgan fingerprint density at radius 2 is 1.76 bits per heavy atom. The van der Waals surface area contributed by atoms with Gasteiger partial charge in [0, 0.05) is 22.7 Å². The molecule has 0 unspecified atom stereocenters. The molecule has 3 saturated carbocycles. The molecule has 7 nitrogen and oxygen atoms in total. The first-order valence-electron chi connectivity index (χ1n) is 12.8. The molecule has 5 rings (SSSR count). The number of alkyl halides is 2. The Balaban J connectivity index is 1.58. The molecule has 0 saturated heterocycles. The summed E-state index contributed by atoms with van der Waals surface area (Å²) in [4.78, 5) is 38.3. The molecular formula is C29H32F2O7. The lowest BCUT2D eigenvalue weighted by molar-refractivity contribution is -0.229. The highest BCUT2D eigenvalue weighted by atomic mass is 19.1. The molecular weight excluding hydrogens is 498 g/mol. The second-order valence-electron chi connectivity index (χ2n) is 11.7. The van der Waals surface area contributed by atoms with Gasteiger partial charge in [0.1, 0.15) is 11.9 Å². The maximum absolute atomic E-state index is 17.3. The average molecular weight is 531 g/mol. The Bertz CT molecular complexity index is 1260. The van der Waals surface area contributed by atoms with Crippen LogP contribution >= 0.6 is 0 Å². The molecule has 2 N–H and O–H groups in total. The Hall–Kier alpha value is -3.07. The van der Waals surface area contributed by atoms with E-state index in [2.05, 4.69) is 0 Å². The number of ether oxygens (including phenoxy) is 2. The van der Waals surface area contributed by atoms with Crippen LogP contribution in [0.3, 0.4) is 0 Å². The summed E-state index contributed by atoms with van der Waals surface area (Å²) in [5.41, 5.74) is -7.31. The summed E-state index contributed by atoms with van der Waals surface area (Å²) in [5, 5.41) is 22.0. The van der Waals surface area contributed by atoms with E-state index in [0.29, 0.717) is 5.75 Å². The van der Waals surface area contributed by atoms with E-state index < -0.39 is 69.9 Å². The van der Waals surface area contributed by atoms with Gasteiger partial charge in [-0.25, -0.2) is 18.4 Å². The second-order valence-corrected chi connectivity index (χ2v) is 11.7. The SMILES string of the molecule is COc1ccc(C(=O)O[C@@]2(C(=O)O)[C@H](C)C[C@H]3[C@@H]4C[C@H](F)C5=CC(=O)C=C[C@]5(C)[C@@]4(F)[C@@H](O)C[C@@]32C)cc1. The maximum Gasteiger partial charge on any atom is 0.349 e. The quantitative estimate of drug-likeness (QED) is 0.561. The predicted molar refractivity (Wildman–Crippen MR) is 132 cm³/mol. The molecule has 0 spiro atoms. The van der Waals surface area contributed by atoms with Crippen molar-refractivity contribution in [1.29, 1.82) is 0 Å². The Morgan fingerprint density at radius 1 is 1.11 bits per heavy atom. The average Bonchev–Trinajstić information content (AvgIpc) is 3.09. The van der Waals surface area contributed by atoms with Crippen molar-refractivity contribution in [2.75, 3.05) is 7.11 Å². The van der Waals surface area contributed by atoms with Gasteiger partial charge in [0.2, 0.25) is 5.60 Å². The zero-order chi connectivity index (χ0) is 27.8. The van der Waals surface area contributed by atoms with Crippen molar-refractivity contribution in [1.82, 2.24) is 0 Å². The minimum atomic E-state index is -2.35. The smallest absolute Gasteiger partial charge is 0.349 e. The van der Waals surface area contributed by atoms with Crippen molar-refractivity contribution in [2.24, 2.45) is 28.6 Å². The fraction of sp³-hybridized carbons (Fsp3) is 0.552. The van der Waals surface area contributed by atoms with Gasteiger partial charge >= 0.3 is 11.9 Å². The van der Waals surface area contributed by atoms with Crippen LogP contribution in [0.15, 0.2) is 48.1 Å². The fourth-order valence-corrected chi connectivity index (χ4v) is 8.17. The molecule has 1 aromatic rings. The third-order valence-electron chi connectivity index (χ3n) is 10.1. The van der Waals surface area contributed by atoms with Crippen molar-refractivity contribution in [2.45, 2.75) is 63.6 Å². The zero-order valence-corrected chi connectivity index (χ0v) is 21.7. The van der Waals surface area contributed by atoms with Crippen LogP contribution < -0.4 is 4.74 Å². The van der Waals surface area contributed by atoms with Crippen molar-refractivity contribution in [3.8, 4) is 5.75 Å². The number of methoxy groups -OCH3 is 1. The van der Waals surface area contributed by atoms with E-state index in [1.54, 1.807) is 26.0 Å². The van der Waals surface area contributed by atoms with Crippen LogP contribution in [0.2, 0.25) is 0 Å². The number of hydrogen-bond acceptors (Lipinski definition) is 6. The van der Waals surface area contributed by atoms with Crippen molar-refractivity contribution in [3.63, 3.8) is 0 Å². The minimum absolute atomic E-state index is 0.00659. The highest BCUT2D eigenvalue weighted by Gasteiger charge is 2.78. The fourth-order valence-electron chi connectivity index (χ4n) is 8.17. The molecule has 4 aliphatic rings. The van der Waals surface area contributed by atoms with Crippen LogP contribution in [0.25, 0.3) is 0 Å². The molecule has 204 valence electrons. The largest absolute Gasteiger partial charge is 0.497 e. The summed E-state index contributed by atoms with van der Waals surface area (Å²) in [6.07, 6.45) is -0.183. The number of allylic oxidation sites excluding steroid dienone is 4. The number of carboxylic acid groups (broad SMARTS) is 1. The minimum Gasteiger partial charge on any atom is -0.497 e. The number of aliphatic hydroxyl groups is 1. The summed E-state index contributed by atoms with van der Waals surface area (Å²) in [5.74, 6) is -4.74. The lowest BCUT2D eigenvalue weighted by Gasteiger charge is -2.62. The van der Waals surface area contributed by atoms with E-state index in [4.69, 9.17) is 9.47 Å². The number of rotatable bonds is 4. The first-order valence-corrected chi connectivity index (χ1v) is 12.8. The number of carbonyl (C=O) groups is 3. The Morgan fingerprint density at radius 3 is 2.37 bits per heavy atom. The molecule has 0 aromatic heterocycles. The van der Waals surface area contributed by atoms with Crippen LogP contribution in [0.4, 0.5) is 8.78 Å². The number of benzene rings is 1. The van der Waals surface area contributed by atoms with Crippen LogP contribution in [0.5, 0.6) is 5.75 Å². The summed E-state index contributed by atoms with van der Waals surface area (Å²) in [6, 6.07) is 6.01. The van der Waals surface area contributed by atoms with Crippen molar-refractivity contribution >= 4 is 17.7 Å². The molecule has 0 radical (unpaired) electrons. The topological polar surface area (TPSA) is 110 Å². The number of carboxylic acids is 1. The third-order valence-corrected chi connectivity index (χ3v) is 10.1. The molecule has 0 heterocycles. The van der Waals surface area contributed by atoms with Gasteiger partial charge in [-0.3, -0.25) is 4.79 Å². The Kier molecular flexibility index (Phi) is 5.91. The Labute approximate surface area is 219 Å². The van der Waals surface area contributed by atoms with E-state index in [9.17, 15) is 24.6 Å². The number of aliphatic hydroxyl groups excluding tert-OH is 1. The molecule has 4 aliphatic carbocycles. The number of ketones is 1. The highest BCUT2D eigenvalue weighted by Crippen LogP contribution is 2.71. The van der Waals surface area contributed by atoms with Crippen LogP contribution in [-0.4, -0.2) is 58.6 Å². The molecule has 1 aromatic carbocycles. The van der Waals surface area contributed by atoms with Gasteiger partial charge in [-0.1, -0.05) is 19.9 Å². The standard InChI is InChI=1S/C29H32F2O7/c1-15-11-19-20-13-22(30)21-12-17(32)9-10-26(21,2)28(20,31)23(33)14-27(19,3)29(15,25(35)36)38-24(34)16-5-7-18(37-4)8-6-16/h5-10,12,15,19-20,22-23,33H,11,13-14H2,1-4H3,(H,35,36)/t15-,19+,20+,22+,23+,26+,27+,28+,29-/m1/s1. The summed E-state index contributed by atoms with van der Waals surface area (Å²) in [7, 11) is 1.47. The monoisotopic (exact) mass is 530 g/mol. The van der Waals surface area contributed by atoms with E-state index in [1.165, 1.54) is 38.3 Å². The number of hydrogen-bond donors (Lipinski definition) is 2. The molecule has 9 atom stereocenters. The number of esters is 1. The van der Waals surface area contributed by atoms with E-state index in [0.717, 1.165) is 6.08 Å². The van der Waals surface area contributed by atoms with Gasteiger partial charge in [-0.15, -0.1) is 0 Å². The summed E-state index contributed by atoms with van der Waals surface area (Å²) < 4.78 is 43.9. The molecule has 38 heavy (non-hydrogen) atoms. The second kappa shape index (κ2) is 8.46. The summed E-state index contributed by atoms with van der Waals surface area (Å²) in [6.45, 7) is 4.72. The molecule has 9 heteroatoms. The first kappa shape index (κ1) is 26.5. The van der Waals surface area contributed by atoms with Gasteiger partial charge in [0.05, 0.1) is 18.8 Å². The molecule has 0 aliphatic heterocycles. The maximum atomic E-state index is 17.3. The molecule has 3 fully saturated rings. The number of halogens is 2. The third kappa shape index (κ3) is 3.17. The van der Waals surface area contributed by atoms with Gasteiger partial charge in [0.15, 0.2) is 11.5 Å². The molecule has 0 bridgehead atoms. The van der Waals surface area contributed by atoms with E-state index >= 15 is 8.78 Å². The number of aliphatic carboxylic acids is 1. The zero-order valence-electron chi connectivity index (χ0n) is 21.7. The van der Waals surface area contributed by atoms with E-state index in [-0.39, 0.29) is 30.4 Å². The van der Waals surface area contributed by atoms with E-state index in [1.807, 2.05) is 0 Å². The van der Waals surface area contributed by atoms with Gasteiger partial charge in [-0.05, 0) is 74.1 Å². The molecule has 0 amide bonds. The number of fused-ring (bicyclic) bond motifs is 5. The van der Waals surface area contributed by atoms with Gasteiger partial charge in [-0.2, -0.15) is 0 Å². The lowest BCUT2D eigenvalue weighted by Crippen LogP contribution is -2.71. The van der Waals surface area contributed by atoms with Gasteiger partial charge < -0.3 is 19.7 Å². The summed E-state index contributed by atoms with van der Waals surface area (Å²) >= 11 is 0. The lowest BCUT2D eigenvalue weighted by atomic mass is 9.44. The van der Waals surface area contributed by atoms with Crippen LogP contribution in [-0.2, 0) is 14.3 Å². The van der Waals surface area contributed by atoms with Crippen LogP contribution in [0, 0.1) is 28.6 Å². The normalized spacial score (nSPS) is 43.4. The highest BCUT2D eigenvalue weighted by molar-refractivity contribution is 6.01. The van der Waals surface area contributed by atoms with Crippen molar-refractivity contribution < 1.29 is 42.9 Å². The van der Waals surface area contributed by atoms with Crippen LogP contribution in [0.1, 0.15) is 50.4 Å². The van der Waals surface area contributed by atoms with Crippen molar-refractivity contribution in [3.05, 3.63) is 53.6 Å². The number of carbonyl (C=O) groups excluding carboxylic acids is 2. The predicted octanol–water partition coefficient (Wildman–Crippen LogP) is 4.24. The first-order chi connectivity index (χ1) is 17.8.